The minimum atomic E-state index is -0.385. The molecule has 0 aromatic rings. The van der Waals surface area contributed by atoms with E-state index in [1.807, 2.05) is 39.5 Å². The van der Waals surface area contributed by atoms with Gasteiger partial charge < -0.3 is 10.2 Å². The van der Waals surface area contributed by atoms with Crippen molar-refractivity contribution in [3.8, 4) is 0 Å². The van der Waals surface area contributed by atoms with Crippen LogP contribution >= 0.6 is 0 Å². The first-order valence-corrected chi connectivity index (χ1v) is 7.31. The summed E-state index contributed by atoms with van der Waals surface area (Å²) in [6, 6.07) is -0.657. The molecule has 1 heterocycles. The highest BCUT2D eigenvalue weighted by molar-refractivity contribution is 5.97. The molecule has 3 atom stereocenters. The second kappa shape index (κ2) is 5.93. The number of nitrogens with zero attached hydrogens (tertiary/aromatic N) is 1. The van der Waals surface area contributed by atoms with Gasteiger partial charge >= 0.3 is 0 Å². The molecule has 1 N–H and O–H groups in total. The van der Waals surface area contributed by atoms with Crippen molar-refractivity contribution in [3.05, 3.63) is 0 Å². The van der Waals surface area contributed by atoms with Crippen molar-refractivity contribution in [1.29, 1.82) is 0 Å². The Morgan fingerprint density at radius 2 is 1.47 bits per heavy atom. The molecule has 0 spiro atoms. The van der Waals surface area contributed by atoms with Crippen LogP contribution in [0, 0.1) is 17.8 Å². The molecule has 1 aliphatic rings. The molecular weight excluding hydrogens is 240 g/mol. The number of rotatable bonds is 4. The largest absolute Gasteiger partial charge is 0.342 e. The van der Waals surface area contributed by atoms with E-state index in [9.17, 15) is 9.59 Å². The second-order valence-corrected chi connectivity index (χ2v) is 6.65. The lowest BCUT2D eigenvalue weighted by atomic mass is 9.89. The standard InChI is InChI=1S/C15H28N2O2/c1-8(2)11(7)17-13(10(5)6)14(18)16-12(9(3)4)15(17)19/h8-13H,1-7H3,(H,16,18). The normalized spacial score (nSPS) is 26.3. The number of amides is 2. The molecule has 110 valence electrons. The Labute approximate surface area is 116 Å². The van der Waals surface area contributed by atoms with Gasteiger partial charge in [-0.3, -0.25) is 9.59 Å². The van der Waals surface area contributed by atoms with Gasteiger partial charge in [-0.05, 0) is 24.7 Å². The van der Waals surface area contributed by atoms with E-state index in [-0.39, 0.29) is 41.8 Å². The molecule has 0 aliphatic carbocycles. The maximum atomic E-state index is 12.7. The Bertz CT molecular complexity index is 350. The molecule has 0 bridgehead atoms. The van der Waals surface area contributed by atoms with E-state index < -0.39 is 0 Å². The molecule has 0 aromatic heterocycles. The van der Waals surface area contributed by atoms with E-state index >= 15 is 0 Å². The highest BCUT2D eigenvalue weighted by atomic mass is 16.2. The van der Waals surface area contributed by atoms with Crippen LogP contribution in [0.15, 0.2) is 0 Å². The van der Waals surface area contributed by atoms with Crippen molar-refractivity contribution in [3.63, 3.8) is 0 Å². The van der Waals surface area contributed by atoms with Crippen LogP contribution in [0.2, 0.25) is 0 Å². The Balaban J connectivity index is 3.14. The first-order chi connectivity index (χ1) is 8.68. The summed E-state index contributed by atoms with van der Waals surface area (Å²) in [5.74, 6) is 0.629. The molecule has 1 aliphatic heterocycles. The average molecular weight is 268 g/mol. The Hall–Kier alpha value is -1.06. The Morgan fingerprint density at radius 1 is 0.947 bits per heavy atom. The minimum Gasteiger partial charge on any atom is -0.342 e. The predicted octanol–water partition coefficient (Wildman–Crippen LogP) is 2.04. The first-order valence-electron chi connectivity index (χ1n) is 7.31. The van der Waals surface area contributed by atoms with Crippen LogP contribution in [-0.4, -0.2) is 34.8 Å². The zero-order chi connectivity index (χ0) is 14.9. The lowest BCUT2D eigenvalue weighted by Crippen LogP contribution is -2.68. The molecule has 0 saturated carbocycles. The molecule has 3 unspecified atom stereocenters. The van der Waals surface area contributed by atoms with Crippen LogP contribution in [0.5, 0.6) is 0 Å². The fourth-order valence-corrected chi connectivity index (χ4v) is 2.58. The van der Waals surface area contributed by atoms with E-state index in [0.717, 1.165) is 0 Å². The van der Waals surface area contributed by atoms with Gasteiger partial charge in [0.15, 0.2) is 0 Å². The molecule has 2 amide bonds. The van der Waals surface area contributed by atoms with Gasteiger partial charge in [-0.2, -0.15) is 0 Å². The third-order valence-electron chi connectivity index (χ3n) is 4.09. The fraction of sp³-hybridized carbons (Fsp3) is 0.867. The SMILES string of the molecule is CC(C)C1NC(=O)C(C(C)C)N(C(C)C(C)C)C1=O. The molecule has 4 nitrogen and oxygen atoms in total. The van der Waals surface area contributed by atoms with Gasteiger partial charge in [-0.25, -0.2) is 0 Å². The molecule has 1 rings (SSSR count). The Kier molecular flexibility index (Phi) is 4.99. The predicted molar refractivity (Wildman–Crippen MR) is 76.5 cm³/mol. The molecule has 4 heteroatoms. The van der Waals surface area contributed by atoms with E-state index in [0.29, 0.717) is 5.92 Å². The molecule has 0 aromatic carbocycles. The van der Waals surface area contributed by atoms with Crippen LogP contribution < -0.4 is 5.32 Å². The third-order valence-corrected chi connectivity index (χ3v) is 4.09. The zero-order valence-electron chi connectivity index (χ0n) is 13.2. The molecule has 0 radical (unpaired) electrons. The minimum absolute atomic E-state index is 0.0131. The number of hydrogen-bond donors (Lipinski definition) is 1. The first kappa shape index (κ1) is 16.0. The number of nitrogens with one attached hydrogen (secondary N) is 1. The summed E-state index contributed by atoms with van der Waals surface area (Å²) in [6.07, 6.45) is 0. The number of hydrogen-bond acceptors (Lipinski definition) is 2. The lowest BCUT2D eigenvalue weighted by Gasteiger charge is -2.46. The van der Waals surface area contributed by atoms with Gasteiger partial charge in [0.05, 0.1) is 0 Å². The van der Waals surface area contributed by atoms with Crippen molar-refractivity contribution in [2.24, 2.45) is 17.8 Å². The highest BCUT2D eigenvalue weighted by Gasteiger charge is 2.45. The molecule has 19 heavy (non-hydrogen) atoms. The monoisotopic (exact) mass is 268 g/mol. The van der Waals surface area contributed by atoms with Gasteiger partial charge in [0.25, 0.3) is 0 Å². The summed E-state index contributed by atoms with van der Waals surface area (Å²) < 4.78 is 0. The van der Waals surface area contributed by atoms with Crippen LogP contribution in [-0.2, 0) is 9.59 Å². The van der Waals surface area contributed by atoms with Gasteiger partial charge in [0.1, 0.15) is 12.1 Å². The summed E-state index contributed by atoms with van der Waals surface area (Å²) in [4.78, 5) is 26.8. The van der Waals surface area contributed by atoms with Gasteiger partial charge in [-0.1, -0.05) is 41.5 Å². The number of carbonyl (C=O) groups excluding carboxylic acids is 2. The quantitative estimate of drug-likeness (QED) is 0.848. The topological polar surface area (TPSA) is 49.4 Å². The van der Waals surface area contributed by atoms with E-state index in [2.05, 4.69) is 19.2 Å². The zero-order valence-corrected chi connectivity index (χ0v) is 13.2. The van der Waals surface area contributed by atoms with Crippen molar-refractivity contribution in [2.45, 2.75) is 66.6 Å². The fourth-order valence-electron chi connectivity index (χ4n) is 2.58. The second-order valence-electron chi connectivity index (χ2n) is 6.65. The summed E-state index contributed by atoms with van der Waals surface area (Å²) in [7, 11) is 0. The van der Waals surface area contributed by atoms with E-state index in [1.54, 1.807) is 0 Å². The number of carbonyl (C=O) groups is 2. The summed E-state index contributed by atoms with van der Waals surface area (Å²) in [5, 5.41) is 2.89. The summed E-state index contributed by atoms with van der Waals surface area (Å²) >= 11 is 0. The highest BCUT2D eigenvalue weighted by Crippen LogP contribution is 2.25. The maximum Gasteiger partial charge on any atom is 0.246 e. The van der Waals surface area contributed by atoms with Crippen LogP contribution in [0.25, 0.3) is 0 Å². The van der Waals surface area contributed by atoms with Gasteiger partial charge in [0, 0.05) is 6.04 Å². The molecular formula is C15H28N2O2. The maximum absolute atomic E-state index is 12.7. The Morgan fingerprint density at radius 3 is 1.84 bits per heavy atom. The van der Waals surface area contributed by atoms with Gasteiger partial charge in [-0.15, -0.1) is 0 Å². The van der Waals surface area contributed by atoms with Crippen LogP contribution in [0.4, 0.5) is 0 Å². The lowest BCUT2D eigenvalue weighted by molar-refractivity contribution is -0.156. The van der Waals surface area contributed by atoms with Crippen LogP contribution in [0.3, 0.4) is 0 Å². The van der Waals surface area contributed by atoms with E-state index in [4.69, 9.17) is 0 Å². The van der Waals surface area contributed by atoms with Crippen molar-refractivity contribution in [1.82, 2.24) is 10.2 Å². The van der Waals surface area contributed by atoms with Crippen molar-refractivity contribution in [2.75, 3.05) is 0 Å². The molecule has 1 saturated heterocycles. The van der Waals surface area contributed by atoms with Crippen molar-refractivity contribution < 1.29 is 9.59 Å². The van der Waals surface area contributed by atoms with Crippen LogP contribution in [0.1, 0.15) is 48.5 Å². The third kappa shape index (κ3) is 3.10. The average Bonchev–Trinajstić information content (AvgIpc) is 2.29. The molecule has 1 fully saturated rings. The number of piperazine rings is 1. The van der Waals surface area contributed by atoms with Crippen molar-refractivity contribution >= 4 is 11.8 Å². The smallest absolute Gasteiger partial charge is 0.246 e. The van der Waals surface area contributed by atoms with Gasteiger partial charge in [0.2, 0.25) is 11.8 Å². The van der Waals surface area contributed by atoms with E-state index in [1.165, 1.54) is 0 Å². The summed E-state index contributed by atoms with van der Waals surface area (Å²) in [5.41, 5.74) is 0. The summed E-state index contributed by atoms with van der Waals surface area (Å²) in [6.45, 7) is 14.1.